The maximum atomic E-state index is 12.5. The van der Waals surface area contributed by atoms with Crippen molar-refractivity contribution in [1.82, 2.24) is 4.31 Å². The third-order valence-electron chi connectivity index (χ3n) is 4.00. The molecular weight excluding hydrogens is 262 g/mol. The van der Waals surface area contributed by atoms with Crippen LogP contribution in [0.2, 0.25) is 0 Å². The molecule has 0 amide bonds. The van der Waals surface area contributed by atoms with Gasteiger partial charge in [-0.15, -0.1) is 0 Å². The van der Waals surface area contributed by atoms with Crippen molar-refractivity contribution in [1.29, 1.82) is 0 Å². The van der Waals surface area contributed by atoms with Crippen molar-refractivity contribution in [3.05, 3.63) is 29.3 Å². The summed E-state index contributed by atoms with van der Waals surface area (Å²) in [6, 6.07) is 5.17. The maximum absolute atomic E-state index is 12.5. The van der Waals surface area contributed by atoms with Crippen LogP contribution in [0.3, 0.4) is 0 Å². The van der Waals surface area contributed by atoms with Crippen LogP contribution in [0.4, 0.5) is 0 Å². The lowest BCUT2D eigenvalue weighted by atomic mass is 9.98. The second-order valence-electron chi connectivity index (χ2n) is 5.44. The van der Waals surface area contributed by atoms with E-state index in [4.69, 9.17) is 0 Å². The summed E-state index contributed by atoms with van der Waals surface area (Å²) in [7, 11) is -3.48. The molecule has 1 fully saturated rings. The number of piperidine rings is 1. The van der Waals surface area contributed by atoms with Gasteiger partial charge in [0.25, 0.3) is 0 Å². The van der Waals surface area contributed by atoms with Crippen LogP contribution >= 0.6 is 0 Å². The van der Waals surface area contributed by atoms with Gasteiger partial charge in [-0.25, -0.2) is 8.42 Å². The number of aliphatic hydroxyl groups is 1. The Bertz CT molecular complexity index is 568. The van der Waals surface area contributed by atoms with Crippen LogP contribution in [0.15, 0.2) is 23.1 Å². The SMILES string of the molecule is Cc1ccc(S(=O)(=O)N2CCC(C)C(O)C2)cc1C. The lowest BCUT2D eigenvalue weighted by Gasteiger charge is -2.33. The lowest BCUT2D eigenvalue weighted by molar-refractivity contribution is 0.0605. The molecule has 2 atom stereocenters. The van der Waals surface area contributed by atoms with E-state index >= 15 is 0 Å². The summed E-state index contributed by atoms with van der Waals surface area (Å²) in [6.45, 7) is 6.48. The van der Waals surface area contributed by atoms with Crippen molar-refractivity contribution in [2.24, 2.45) is 5.92 Å². The van der Waals surface area contributed by atoms with E-state index in [1.807, 2.05) is 26.8 Å². The van der Waals surface area contributed by atoms with Crippen LogP contribution in [-0.4, -0.2) is 37.0 Å². The quantitative estimate of drug-likeness (QED) is 0.898. The third-order valence-corrected chi connectivity index (χ3v) is 5.86. The van der Waals surface area contributed by atoms with Crippen LogP contribution in [0.25, 0.3) is 0 Å². The number of nitrogens with zero attached hydrogens (tertiary/aromatic N) is 1. The Kier molecular flexibility index (Phi) is 3.99. The first-order valence-electron chi connectivity index (χ1n) is 6.58. The van der Waals surface area contributed by atoms with Gasteiger partial charge in [-0.3, -0.25) is 0 Å². The van der Waals surface area contributed by atoms with Gasteiger partial charge in [0.15, 0.2) is 0 Å². The molecule has 0 bridgehead atoms. The fraction of sp³-hybridized carbons (Fsp3) is 0.571. The number of rotatable bonds is 2. The molecule has 1 aromatic carbocycles. The molecule has 1 aromatic rings. The van der Waals surface area contributed by atoms with Gasteiger partial charge >= 0.3 is 0 Å². The van der Waals surface area contributed by atoms with E-state index in [0.29, 0.717) is 17.9 Å². The Morgan fingerprint density at radius 3 is 2.53 bits per heavy atom. The predicted octanol–water partition coefficient (Wildman–Crippen LogP) is 1.69. The van der Waals surface area contributed by atoms with Gasteiger partial charge < -0.3 is 5.11 Å². The topological polar surface area (TPSA) is 57.6 Å². The zero-order valence-electron chi connectivity index (χ0n) is 11.6. The van der Waals surface area contributed by atoms with E-state index in [0.717, 1.165) is 11.1 Å². The number of β-amino-alcohol motifs (C(OH)–C–C–N with tert-alkyl or cyclic N) is 1. The molecule has 19 heavy (non-hydrogen) atoms. The van der Waals surface area contributed by atoms with Crippen molar-refractivity contribution >= 4 is 10.0 Å². The van der Waals surface area contributed by atoms with E-state index in [2.05, 4.69) is 0 Å². The number of aliphatic hydroxyl groups excluding tert-OH is 1. The van der Waals surface area contributed by atoms with Gasteiger partial charge in [-0.05, 0) is 49.4 Å². The molecule has 2 unspecified atom stereocenters. The molecule has 2 rings (SSSR count). The highest BCUT2D eigenvalue weighted by Crippen LogP contribution is 2.24. The highest BCUT2D eigenvalue weighted by atomic mass is 32.2. The molecule has 4 nitrogen and oxygen atoms in total. The molecule has 5 heteroatoms. The highest BCUT2D eigenvalue weighted by molar-refractivity contribution is 7.89. The number of hydrogen-bond acceptors (Lipinski definition) is 3. The summed E-state index contributed by atoms with van der Waals surface area (Å²) in [4.78, 5) is 0.317. The Labute approximate surface area is 115 Å². The lowest BCUT2D eigenvalue weighted by Crippen LogP contribution is -2.45. The average Bonchev–Trinajstić information content (AvgIpc) is 2.35. The van der Waals surface area contributed by atoms with Crippen LogP contribution in [0.1, 0.15) is 24.5 Å². The summed E-state index contributed by atoms with van der Waals surface area (Å²) in [5.41, 5.74) is 2.04. The molecule has 1 aliphatic heterocycles. The van der Waals surface area contributed by atoms with E-state index in [9.17, 15) is 13.5 Å². The first-order valence-corrected chi connectivity index (χ1v) is 8.02. The molecule has 0 aliphatic carbocycles. The zero-order valence-corrected chi connectivity index (χ0v) is 12.4. The van der Waals surface area contributed by atoms with E-state index in [1.165, 1.54) is 4.31 Å². The molecule has 0 radical (unpaired) electrons. The number of benzene rings is 1. The minimum absolute atomic E-state index is 0.159. The Balaban J connectivity index is 2.29. The van der Waals surface area contributed by atoms with Crippen LogP contribution in [0, 0.1) is 19.8 Å². The molecule has 0 spiro atoms. The van der Waals surface area contributed by atoms with Crippen LogP contribution in [0.5, 0.6) is 0 Å². The van der Waals surface area contributed by atoms with Gasteiger partial charge in [0.05, 0.1) is 11.0 Å². The molecule has 1 heterocycles. The van der Waals surface area contributed by atoms with Crippen LogP contribution in [-0.2, 0) is 10.0 Å². The molecule has 1 N–H and O–H groups in total. The maximum Gasteiger partial charge on any atom is 0.243 e. The fourth-order valence-electron chi connectivity index (χ4n) is 2.26. The number of sulfonamides is 1. The van der Waals surface area contributed by atoms with Crippen molar-refractivity contribution < 1.29 is 13.5 Å². The zero-order chi connectivity index (χ0) is 14.2. The molecule has 0 aromatic heterocycles. The highest BCUT2D eigenvalue weighted by Gasteiger charge is 2.32. The molecule has 106 valence electrons. The monoisotopic (exact) mass is 283 g/mol. The fourth-order valence-corrected chi connectivity index (χ4v) is 3.82. The Hall–Kier alpha value is -0.910. The second kappa shape index (κ2) is 5.23. The van der Waals surface area contributed by atoms with Gasteiger partial charge in [0.2, 0.25) is 10.0 Å². The van der Waals surface area contributed by atoms with Crippen LogP contribution < -0.4 is 0 Å². The molecule has 0 saturated carbocycles. The summed E-state index contributed by atoms with van der Waals surface area (Å²) in [5.74, 6) is 0.159. The van der Waals surface area contributed by atoms with Gasteiger partial charge in [0.1, 0.15) is 0 Å². The molecule has 1 aliphatic rings. The largest absolute Gasteiger partial charge is 0.391 e. The van der Waals surface area contributed by atoms with Crippen molar-refractivity contribution in [2.75, 3.05) is 13.1 Å². The Morgan fingerprint density at radius 2 is 1.95 bits per heavy atom. The van der Waals surface area contributed by atoms with Crippen molar-refractivity contribution in [3.8, 4) is 0 Å². The number of aryl methyl sites for hydroxylation is 2. The minimum Gasteiger partial charge on any atom is -0.391 e. The van der Waals surface area contributed by atoms with Gasteiger partial charge in [-0.2, -0.15) is 4.31 Å². The van der Waals surface area contributed by atoms with E-state index in [1.54, 1.807) is 12.1 Å². The first kappa shape index (κ1) is 14.5. The first-order chi connectivity index (χ1) is 8.82. The van der Waals surface area contributed by atoms with Gasteiger partial charge in [0, 0.05) is 13.1 Å². The smallest absolute Gasteiger partial charge is 0.243 e. The predicted molar refractivity (Wildman–Crippen MR) is 74.5 cm³/mol. The minimum atomic E-state index is -3.48. The summed E-state index contributed by atoms with van der Waals surface area (Å²) < 4.78 is 26.4. The summed E-state index contributed by atoms with van der Waals surface area (Å²) in [5, 5.41) is 9.85. The second-order valence-corrected chi connectivity index (χ2v) is 7.38. The summed E-state index contributed by atoms with van der Waals surface area (Å²) in [6.07, 6.45) is 0.126. The van der Waals surface area contributed by atoms with Crippen molar-refractivity contribution in [3.63, 3.8) is 0 Å². The third kappa shape index (κ3) is 2.83. The van der Waals surface area contributed by atoms with Crippen molar-refractivity contribution in [2.45, 2.75) is 38.2 Å². The molecule has 1 saturated heterocycles. The van der Waals surface area contributed by atoms with Gasteiger partial charge in [-0.1, -0.05) is 13.0 Å². The normalized spacial score (nSPS) is 25.5. The van der Waals surface area contributed by atoms with E-state index < -0.39 is 16.1 Å². The number of hydrogen-bond donors (Lipinski definition) is 1. The van der Waals surface area contributed by atoms with E-state index in [-0.39, 0.29) is 12.5 Å². The standard InChI is InChI=1S/C14H21NO3S/c1-10-4-5-13(8-12(10)3)19(17,18)15-7-6-11(2)14(16)9-15/h4-5,8,11,14,16H,6-7,9H2,1-3H3. The molecular formula is C14H21NO3S. The Morgan fingerprint density at radius 1 is 1.26 bits per heavy atom. The summed E-state index contributed by atoms with van der Waals surface area (Å²) >= 11 is 0. The average molecular weight is 283 g/mol.